The summed E-state index contributed by atoms with van der Waals surface area (Å²) in [5.74, 6) is 0.770. The van der Waals surface area contributed by atoms with Gasteiger partial charge in [-0.3, -0.25) is 4.98 Å². The number of hydrogen-bond acceptors (Lipinski definition) is 4. The number of ether oxygens (including phenoxy) is 2. The molecule has 1 N–H and O–H groups in total. The minimum absolute atomic E-state index is 0.0170. The van der Waals surface area contributed by atoms with Crippen LogP contribution in [0.15, 0.2) is 42.5 Å². The third-order valence-electron chi connectivity index (χ3n) is 4.23. The van der Waals surface area contributed by atoms with E-state index >= 15 is 0 Å². The minimum Gasteiger partial charge on any atom is -0.485 e. The first-order valence-electron chi connectivity index (χ1n) is 8.07. The third kappa shape index (κ3) is 3.50. The molecule has 0 radical (unpaired) electrons. The summed E-state index contributed by atoms with van der Waals surface area (Å²) in [6.07, 6.45) is -0.434. The predicted molar refractivity (Wildman–Crippen MR) is 91.1 cm³/mol. The topological polar surface area (TPSA) is 60.5 Å². The molecule has 0 spiro atoms. The quantitative estimate of drug-likeness (QED) is 0.933. The molecule has 0 aliphatic carbocycles. The van der Waals surface area contributed by atoms with E-state index < -0.39 is 11.7 Å². The second-order valence-corrected chi connectivity index (χ2v) is 6.54. The number of nitrogens with zero attached hydrogens (tertiary/aromatic N) is 1. The molecule has 0 fully saturated rings. The van der Waals surface area contributed by atoms with Crippen molar-refractivity contribution in [1.82, 2.24) is 10.3 Å². The van der Waals surface area contributed by atoms with Crippen molar-refractivity contribution >= 4 is 6.09 Å². The summed E-state index contributed by atoms with van der Waals surface area (Å²) in [5.41, 5.74) is 2.37. The number of benzene rings is 1. The van der Waals surface area contributed by atoms with E-state index in [1.807, 2.05) is 63.2 Å². The van der Waals surface area contributed by atoms with Gasteiger partial charge in [-0.25, -0.2) is 4.79 Å². The van der Waals surface area contributed by atoms with E-state index in [1.165, 1.54) is 0 Å². The monoisotopic (exact) mass is 326 g/mol. The molecule has 2 heterocycles. The number of nitrogens with one attached hydrogen (secondary N) is 1. The van der Waals surface area contributed by atoms with Gasteiger partial charge in [0, 0.05) is 12.2 Å². The van der Waals surface area contributed by atoms with Crippen LogP contribution in [0.1, 0.15) is 36.7 Å². The zero-order valence-electron chi connectivity index (χ0n) is 14.2. The van der Waals surface area contributed by atoms with Gasteiger partial charge in [0.15, 0.2) is 0 Å². The Bertz CT molecular complexity index is 729. The summed E-state index contributed by atoms with van der Waals surface area (Å²) in [6.45, 7) is 6.64. The molecule has 1 atom stereocenters. The molecule has 1 aromatic carbocycles. The van der Waals surface area contributed by atoms with E-state index in [1.54, 1.807) is 0 Å². The molecule has 0 unspecified atom stereocenters. The summed E-state index contributed by atoms with van der Waals surface area (Å²) in [4.78, 5) is 16.6. The summed E-state index contributed by atoms with van der Waals surface area (Å²) < 4.78 is 11.2. The highest BCUT2D eigenvalue weighted by Gasteiger charge is 2.42. The summed E-state index contributed by atoms with van der Waals surface area (Å²) in [7, 11) is 0. The number of carbonyl (C=O) groups excluding carboxylic acids is 1. The first-order chi connectivity index (χ1) is 11.5. The number of carbonyl (C=O) groups is 1. The van der Waals surface area contributed by atoms with Crippen LogP contribution in [0.5, 0.6) is 5.75 Å². The molecular formula is C19H22N2O3. The minimum atomic E-state index is -0.434. The Morgan fingerprint density at radius 3 is 2.75 bits per heavy atom. The Labute approximate surface area is 142 Å². The molecule has 5 heteroatoms. The van der Waals surface area contributed by atoms with Crippen molar-refractivity contribution in [1.29, 1.82) is 0 Å². The van der Waals surface area contributed by atoms with Crippen LogP contribution in [-0.2, 0) is 11.3 Å². The zero-order chi connectivity index (χ0) is 17.2. The lowest BCUT2D eigenvalue weighted by atomic mass is 9.90. The fourth-order valence-corrected chi connectivity index (χ4v) is 2.89. The smallest absolute Gasteiger partial charge is 0.407 e. The van der Waals surface area contributed by atoms with Crippen molar-refractivity contribution in [2.75, 3.05) is 6.54 Å². The fraction of sp³-hybridized carbons (Fsp3) is 0.368. The third-order valence-corrected chi connectivity index (χ3v) is 4.23. The van der Waals surface area contributed by atoms with Crippen LogP contribution in [-0.4, -0.2) is 23.2 Å². The molecule has 1 amide bonds. The summed E-state index contributed by atoms with van der Waals surface area (Å²) >= 11 is 0. The maximum atomic E-state index is 12.0. The normalized spacial score (nSPS) is 17.7. The number of fused-ring (bicyclic) bond motifs is 1. The van der Waals surface area contributed by atoms with Gasteiger partial charge < -0.3 is 14.8 Å². The number of pyridine rings is 1. The molecule has 2 aromatic rings. The van der Waals surface area contributed by atoms with Gasteiger partial charge in [0.1, 0.15) is 18.0 Å². The van der Waals surface area contributed by atoms with E-state index in [9.17, 15) is 4.79 Å². The number of hydrogen-bond donors (Lipinski definition) is 1. The molecule has 5 nitrogen and oxygen atoms in total. The van der Waals surface area contributed by atoms with Gasteiger partial charge in [0.05, 0.1) is 11.6 Å². The largest absolute Gasteiger partial charge is 0.485 e. The van der Waals surface area contributed by atoms with Crippen molar-refractivity contribution < 1.29 is 14.3 Å². The maximum Gasteiger partial charge on any atom is 0.407 e. The van der Waals surface area contributed by atoms with Gasteiger partial charge in [-0.05, 0) is 38.5 Å². The molecular weight excluding hydrogens is 304 g/mol. The Morgan fingerprint density at radius 2 is 2.00 bits per heavy atom. The van der Waals surface area contributed by atoms with Crippen molar-refractivity contribution in [3.63, 3.8) is 0 Å². The van der Waals surface area contributed by atoms with Gasteiger partial charge in [-0.1, -0.05) is 30.3 Å². The second kappa shape index (κ2) is 6.51. The van der Waals surface area contributed by atoms with Gasteiger partial charge in [-0.15, -0.1) is 0 Å². The molecule has 126 valence electrons. The first kappa shape index (κ1) is 16.3. The average molecular weight is 326 g/mol. The van der Waals surface area contributed by atoms with Crippen LogP contribution >= 0.6 is 0 Å². The average Bonchev–Trinajstić information content (AvgIpc) is 2.81. The Morgan fingerprint density at radius 1 is 1.25 bits per heavy atom. The molecule has 0 saturated heterocycles. The molecule has 1 aliphatic rings. The molecule has 0 saturated carbocycles. The van der Waals surface area contributed by atoms with Gasteiger partial charge in [0.2, 0.25) is 0 Å². The highest BCUT2D eigenvalue weighted by Crippen LogP contribution is 2.43. The zero-order valence-corrected chi connectivity index (χ0v) is 14.2. The Kier molecular flexibility index (Phi) is 4.42. The SMILES string of the molecule is Cc1ccc2c(n1)[C@@H](CNC(=O)OCc1ccccc1)C(C)(C)O2. The molecule has 3 rings (SSSR count). The first-order valence-corrected chi connectivity index (χ1v) is 8.07. The van der Waals surface area contributed by atoms with Gasteiger partial charge in [-0.2, -0.15) is 0 Å². The fourth-order valence-electron chi connectivity index (χ4n) is 2.89. The molecule has 1 aliphatic heterocycles. The lowest BCUT2D eigenvalue weighted by molar-refractivity contribution is 0.104. The lowest BCUT2D eigenvalue weighted by Crippen LogP contribution is -2.39. The van der Waals surface area contributed by atoms with Gasteiger partial charge >= 0.3 is 6.09 Å². The van der Waals surface area contributed by atoms with Crippen LogP contribution in [0.4, 0.5) is 4.79 Å². The Hall–Kier alpha value is -2.56. The number of aromatic nitrogens is 1. The molecule has 0 bridgehead atoms. The second-order valence-electron chi connectivity index (χ2n) is 6.54. The van der Waals surface area contributed by atoms with Crippen molar-refractivity contribution in [2.24, 2.45) is 0 Å². The standard InChI is InChI=1S/C19H22N2O3/c1-13-9-10-16-17(21-13)15(19(2,3)24-16)11-20-18(22)23-12-14-7-5-4-6-8-14/h4-10,15H,11-12H2,1-3H3,(H,20,22)/t15-/m1/s1. The van der Waals surface area contributed by atoms with Crippen LogP contribution in [0.2, 0.25) is 0 Å². The van der Waals surface area contributed by atoms with Crippen LogP contribution < -0.4 is 10.1 Å². The van der Waals surface area contributed by atoms with Crippen LogP contribution in [0.3, 0.4) is 0 Å². The highest BCUT2D eigenvalue weighted by molar-refractivity contribution is 5.67. The summed E-state index contributed by atoms with van der Waals surface area (Å²) in [5, 5.41) is 2.83. The highest BCUT2D eigenvalue weighted by atomic mass is 16.5. The Balaban J connectivity index is 1.59. The van der Waals surface area contributed by atoms with Gasteiger partial charge in [0.25, 0.3) is 0 Å². The van der Waals surface area contributed by atoms with Crippen molar-refractivity contribution in [3.05, 3.63) is 59.4 Å². The van der Waals surface area contributed by atoms with Crippen LogP contribution in [0, 0.1) is 6.92 Å². The van der Waals surface area contributed by atoms with E-state index in [4.69, 9.17) is 9.47 Å². The number of alkyl carbamates (subject to hydrolysis) is 1. The van der Waals surface area contributed by atoms with E-state index in [-0.39, 0.29) is 12.5 Å². The summed E-state index contributed by atoms with van der Waals surface area (Å²) in [6, 6.07) is 13.5. The van der Waals surface area contributed by atoms with Crippen LogP contribution in [0.25, 0.3) is 0 Å². The van der Waals surface area contributed by atoms with E-state index in [0.717, 1.165) is 22.7 Å². The van der Waals surface area contributed by atoms with Crippen molar-refractivity contribution in [2.45, 2.75) is 38.9 Å². The van der Waals surface area contributed by atoms with E-state index in [2.05, 4.69) is 10.3 Å². The predicted octanol–water partition coefficient (Wildman–Crippen LogP) is 3.57. The maximum absolute atomic E-state index is 12.0. The lowest BCUT2D eigenvalue weighted by Gasteiger charge is -2.25. The number of rotatable bonds is 4. The number of amides is 1. The van der Waals surface area contributed by atoms with E-state index in [0.29, 0.717) is 6.54 Å². The molecule has 24 heavy (non-hydrogen) atoms. The van der Waals surface area contributed by atoms with Crippen molar-refractivity contribution in [3.8, 4) is 5.75 Å². The molecule has 1 aromatic heterocycles. The number of aryl methyl sites for hydroxylation is 1.